The first kappa shape index (κ1) is 13.1. The number of carbonyl (C=O) groups excluding carboxylic acids is 1. The van der Waals surface area contributed by atoms with Crippen LogP contribution in [0.4, 0.5) is 0 Å². The molecule has 1 rings (SSSR count). The van der Waals surface area contributed by atoms with Gasteiger partial charge in [-0.15, -0.1) is 11.3 Å². The van der Waals surface area contributed by atoms with Crippen molar-refractivity contribution in [2.75, 3.05) is 6.61 Å². The smallest absolute Gasteiger partial charge is 0.322 e. The van der Waals surface area contributed by atoms with Crippen LogP contribution in [0.3, 0.4) is 0 Å². The van der Waals surface area contributed by atoms with Crippen molar-refractivity contribution in [1.29, 1.82) is 0 Å². The normalized spacial score (nSPS) is 14.5. The van der Waals surface area contributed by atoms with Crippen LogP contribution in [0, 0.1) is 6.92 Å². The highest BCUT2D eigenvalue weighted by molar-refractivity contribution is 7.11. The summed E-state index contributed by atoms with van der Waals surface area (Å²) in [6.07, 6.45) is 1.84. The largest absolute Gasteiger partial charge is 0.465 e. The van der Waals surface area contributed by atoms with Gasteiger partial charge < -0.3 is 4.74 Å². The first-order chi connectivity index (χ1) is 7.54. The molecule has 0 saturated carbocycles. The zero-order valence-corrected chi connectivity index (χ0v) is 10.9. The quantitative estimate of drug-likeness (QED) is 0.803. The highest BCUT2D eigenvalue weighted by Gasteiger charge is 2.18. The molecule has 0 aliphatic carbocycles. The van der Waals surface area contributed by atoms with E-state index in [0.29, 0.717) is 6.61 Å². The Morgan fingerprint density at radius 2 is 2.31 bits per heavy atom. The first-order valence-corrected chi connectivity index (χ1v) is 6.21. The Morgan fingerprint density at radius 3 is 2.81 bits per heavy atom. The number of hydrogen-bond donors (Lipinski definition) is 1. The molecule has 0 aromatic carbocycles. The molecule has 2 unspecified atom stereocenters. The lowest BCUT2D eigenvalue weighted by molar-refractivity contribution is -0.145. The van der Waals surface area contributed by atoms with E-state index in [1.165, 1.54) is 4.88 Å². The van der Waals surface area contributed by atoms with Gasteiger partial charge in [-0.3, -0.25) is 10.1 Å². The number of thiazole rings is 1. The minimum absolute atomic E-state index is 0.0677. The van der Waals surface area contributed by atoms with Crippen molar-refractivity contribution < 1.29 is 9.53 Å². The van der Waals surface area contributed by atoms with Gasteiger partial charge in [0.1, 0.15) is 11.0 Å². The van der Waals surface area contributed by atoms with Crippen LogP contribution in [0.15, 0.2) is 6.20 Å². The van der Waals surface area contributed by atoms with E-state index in [1.807, 2.05) is 20.0 Å². The Morgan fingerprint density at radius 1 is 1.62 bits per heavy atom. The molecule has 0 amide bonds. The van der Waals surface area contributed by atoms with E-state index in [9.17, 15) is 4.79 Å². The monoisotopic (exact) mass is 242 g/mol. The fourth-order valence-corrected chi connectivity index (χ4v) is 2.14. The van der Waals surface area contributed by atoms with Crippen molar-refractivity contribution in [2.45, 2.75) is 39.8 Å². The summed E-state index contributed by atoms with van der Waals surface area (Å²) in [6.45, 7) is 8.03. The molecule has 1 N–H and O–H groups in total. The number of aromatic nitrogens is 1. The number of aryl methyl sites for hydroxylation is 1. The lowest BCUT2D eigenvalue weighted by Gasteiger charge is -2.16. The van der Waals surface area contributed by atoms with Crippen molar-refractivity contribution in [1.82, 2.24) is 10.3 Å². The van der Waals surface area contributed by atoms with E-state index >= 15 is 0 Å². The average molecular weight is 242 g/mol. The highest BCUT2D eigenvalue weighted by Crippen LogP contribution is 2.19. The van der Waals surface area contributed by atoms with Gasteiger partial charge in [-0.1, -0.05) is 0 Å². The van der Waals surface area contributed by atoms with Crippen molar-refractivity contribution >= 4 is 17.3 Å². The molecule has 2 atom stereocenters. The van der Waals surface area contributed by atoms with E-state index < -0.39 is 0 Å². The maximum Gasteiger partial charge on any atom is 0.322 e. The van der Waals surface area contributed by atoms with Gasteiger partial charge in [-0.05, 0) is 27.7 Å². The van der Waals surface area contributed by atoms with E-state index in [2.05, 4.69) is 10.3 Å². The number of carbonyl (C=O) groups is 1. The SMILES string of the molecule is CCOC(=O)C(C)NC(C)c1ncc(C)s1. The van der Waals surface area contributed by atoms with Gasteiger partial charge in [0.25, 0.3) is 0 Å². The molecule has 5 heteroatoms. The Labute approximate surface area is 100 Å². The topological polar surface area (TPSA) is 51.2 Å². The predicted molar refractivity (Wildman–Crippen MR) is 64.5 cm³/mol. The molecule has 1 aromatic rings. The zero-order chi connectivity index (χ0) is 12.1. The molecule has 1 heterocycles. The Bertz CT molecular complexity index is 352. The average Bonchev–Trinajstić information content (AvgIpc) is 2.65. The summed E-state index contributed by atoms with van der Waals surface area (Å²) in [7, 11) is 0. The third-order valence-corrected chi connectivity index (χ3v) is 3.25. The summed E-state index contributed by atoms with van der Waals surface area (Å²) in [5.41, 5.74) is 0. The molecule has 90 valence electrons. The second-order valence-corrected chi connectivity index (χ2v) is 4.94. The van der Waals surface area contributed by atoms with E-state index in [-0.39, 0.29) is 18.1 Å². The van der Waals surface area contributed by atoms with Crippen LogP contribution in [0.5, 0.6) is 0 Å². The molecular weight excluding hydrogens is 224 g/mol. The maximum absolute atomic E-state index is 11.4. The van der Waals surface area contributed by atoms with Gasteiger partial charge in [-0.25, -0.2) is 4.98 Å². The van der Waals surface area contributed by atoms with Crippen molar-refractivity contribution in [3.8, 4) is 0 Å². The van der Waals surface area contributed by atoms with Gasteiger partial charge in [0.2, 0.25) is 0 Å². The fourth-order valence-electron chi connectivity index (χ4n) is 1.35. The minimum atomic E-state index is -0.306. The van der Waals surface area contributed by atoms with Gasteiger partial charge >= 0.3 is 5.97 Å². The summed E-state index contributed by atoms with van der Waals surface area (Å²) < 4.78 is 4.93. The maximum atomic E-state index is 11.4. The lowest BCUT2D eigenvalue weighted by atomic mass is 10.2. The summed E-state index contributed by atoms with van der Waals surface area (Å²) in [6, 6.07) is -0.239. The Hall–Kier alpha value is -0.940. The molecule has 0 spiro atoms. The van der Waals surface area contributed by atoms with Gasteiger partial charge in [0, 0.05) is 11.1 Å². The van der Waals surface area contributed by atoms with E-state index in [0.717, 1.165) is 5.01 Å². The van der Waals surface area contributed by atoms with Crippen LogP contribution < -0.4 is 5.32 Å². The molecule has 0 aliphatic heterocycles. The number of nitrogens with one attached hydrogen (secondary N) is 1. The van der Waals surface area contributed by atoms with Crippen molar-refractivity contribution in [2.24, 2.45) is 0 Å². The molecule has 0 fully saturated rings. The molecule has 0 aliphatic rings. The second-order valence-electron chi connectivity index (χ2n) is 3.67. The lowest BCUT2D eigenvalue weighted by Crippen LogP contribution is -2.37. The van der Waals surface area contributed by atoms with Crippen LogP contribution in [0.25, 0.3) is 0 Å². The summed E-state index contributed by atoms with van der Waals surface area (Å²) in [5.74, 6) is -0.220. The van der Waals surface area contributed by atoms with E-state index in [1.54, 1.807) is 25.2 Å². The second kappa shape index (κ2) is 5.96. The highest BCUT2D eigenvalue weighted by atomic mass is 32.1. The number of nitrogens with zero attached hydrogens (tertiary/aromatic N) is 1. The first-order valence-electron chi connectivity index (χ1n) is 5.39. The number of hydrogen-bond acceptors (Lipinski definition) is 5. The van der Waals surface area contributed by atoms with Crippen LogP contribution in [-0.4, -0.2) is 23.6 Å². The molecule has 4 nitrogen and oxygen atoms in total. The Balaban J connectivity index is 2.51. The van der Waals surface area contributed by atoms with Crippen LogP contribution in [0.2, 0.25) is 0 Å². The number of rotatable bonds is 5. The Kier molecular flexibility index (Phi) is 4.89. The summed E-state index contributed by atoms with van der Waals surface area (Å²) >= 11 is 1.64. The number of esters is 1. The molecule has 0 saturated heterocycles. The summed E-state index contributed by atoms with van der Waals surface area (Å²) in [5, 5.41) is 4.16. The zero-order valence-electron chi connectivity index (χ0n) is 10.1. The molecule has 16 heavy (non-hydrogen) atoms. The standard InChI is InChI=1S/C11H18N2O2S/c1-5-15-11(14)9(4)13-8(3)10-12-6-7(2)16-10/h6,8-9,13H,5H2,1-4H3. The fraction of sp³-hybridized carbons (Fsp3) is 0.636. The summed E-state index contributed by atoms with van der Waals surface area (Å²) in [4.78, 5) is 16.9. The molecule has 1 aromatic heterocycles. The van der Waals surface area contributed by atoms with E-state index in [4.69, 9.17) is 4.74 Å². The van der Waals surface area contributed by atoms with Gasteiger partial charge in [0.15, 0.2) is 0 Å². The van der Waals surface area contributed by atoms with Crippen LogP contribution >= 0.6 is 11.3 Å². The third-order valence-electron chi connectivity index (χ3n) is 2.15. The molecular formula is C11H18N2O2S. The van der Waals surface area contributed by atoms with Crippen molar-refractivity contribution in [3.05, 3.63) is 16.1 Å². The van der Waals surface area contributed by atoms with Crippen LogP contribution in [-0.2, 0) is 9.53 Å². The van der Waals surface area contributed by atoms with Gasteiger partial charge in [-0.2, -0.15) is 0 Å². The molecule has 0 bridgehead atoms. The molecule has 0 radical (unpaired) electrons. The predicted octanol–water partition coefficient (Wildman–Crippen LogP) is 2.05. The van der Waals surface area contributed by atoms with Crippen molar-refractivity contribution in [3.63, 3.8) is 0 Å². The minimum Gasteiger partial charge on any atom is -0.465 e. The van der Waals surface area contributed by atoms with Gasteiger partial charge in [0.05, 0.1) is 12.6 Å². The number of ether oxygens (including phenoxy) is 1. The third kappa shape index (κ3) is 3.57. The van der Waals surface area contributed by atoms with Crippen LogP contribution in [0.1, 0.15) is 36.7 Å².